The van der Waals surface area contributed by atoms with Crippen LogP contribution < -0.4 is 0 Å². The molecule has 0 fully saturated rings. The van der Waals surface area contributed by atoms with Gasteiger partial charge in [-0.15, -0.1) is 0 Å². The second kappa shape index (κ2) is 20.5. The fraction of sp³-hybridized carbons (Fsp3) is 0.870. The minimum atomic E-state index is -0.370. The Morgan fingerprint density at radius 2 is 1.31 bits per heavy atom. The summed E-state index contributed by atoms with van der Waals surface area (Å²) in [4.78, 5) is 11.0. The number of ether oxygens (including phenoxy) is 1. The van der Waals surface area contributed by atoms with E-state index in [-0.39, 0.29) is 12.1 Å². The molecule has 3 nitrogen and oxygen atoms in total. The van der Waals surface area contributed by atoms with Gasteiger partial charge in [-0.2, -0.15) is 0 Å². The zero-order valence-electron chi connectivity index (χ0n) is 17.5. The van der Waals surface area contributed by atoms with Gasteiger partial charge in [-0.25, -0.2) is 0 Å². The van der Waals surface area contributed by atoms with Crippen molar-refractivity contribution in [1.29, 1.82) is 0 Å². The number of aliphatic hydroxyl groups excluding tert-OH is 1. The van der Waals surface area contributed by atoms with Crippen LogP contribution in [0.1, 0.15) is 116 Å². The molecule has 0 aliphatic carbocycles. The van der Waals surface area contributed by atoms with E-state index in [0.29, 0.717) is 12.8 Å². The highest BCUT2D eigenvalue weighted by atomic mass is 16.5. The van der Waals surface area contributed by atoms with Gasteiger partial charge >= 0.3 is 5.97 Å². The number of carbonyl (C=O) groups is 1. The first kappa shape index (κ1) is 25.2. The van der Waals surface area contributed by atoms with Gasteiger partial charge in [-0.1, -0.05) is 109 Å². The molecular weight excluding hydrogens is 324 g/mol. The molecule has 3 heteroatoms. The Kier molecular flexibility index (Phi) is 19.8. The molecule has 1 atom stereocenters. The van der Waals surface area contributed by atoms with E-state index >= 15 is 0 Å². The summed E-state index contributed by atoms with van der Waals surface area (Å²) in [6.45, 7) is 2.27. The third-order valence-electron chi connectivity index (χ3n) is 4.95. The van der Waals surface area contributed by atoms with Crippen LogP contribution in [0, 0.1) is 0 Å². The Bertz CT molecular complexity index is 325. The molecule has 0 aliphatic heterocycles. The van der Waals surface area contributed by atoms with Crippen LogP contribution in [-0.4, -0.2) is 24.3 Å². The SMILES string of the molecule is CCCCCCCCCCCCCCCC[C@@H](O)/C=C\CCC(=O)OC. The van der Waals surface area contributed by atoms with Crippen molar-refractivity contribution in [3.05, 3.63) is 12.2 Å². The minimum absolute atomic E-state index is 0.198. The number of carbonyl (C=O) groups excluding carboxylic acids is 1. The van der Waals surface area contributed by atoms with Crippen LogP contribution in [-0.2, 0) is 9.53 Å². The van der Waals surface area contributed by atoms with E-state index in [9.17, 15) is 9.90 Å². The summed E-state index contributed by atoms with van der Waals surface area (Å²) in [6, 6.07) is 0. The van der Waals surface area contributed by atoms with Crippen molar-refractivity contribution < 1.29 is 14.6 Å². The van der Waals surface area contributed by atoms with Crippen molar-refractivity contribution in [2.45, 2.75) is 122 Å². The number of aliphatic hydroxyl groups is 1. The predicted molar refractivity (Wildman–Crippen MR) is 111 cm³/mol. The monoisotopic (exact) mass is 368 g/mol. The summed E-state index contributed by atoms with van der Waals surface area (Å²) < 4.78 is 4.58. The number of allylic oxidation sites excluding steroid dienone is 1. The first-order valence-corrected chi connectivity index (χ1v) is 11.1. The summed E-state index contributed by atoms with van der Waals surface area (Å²) in [6.07, 6.45) is 24.1. The van der Waals surface area contributed by atoms with Crippen LogP contribution in [0.2, 0.25) is 0 Å². The minimum Gasteiger partial charge on any atom is -0.469 e. The van der Waals surface area contributed by atoms with Crippen molar-refractivity contribution in [3.63, 3.8) is 0 Å². The van der Waals surface area contributed by atoms with Crippen molar-refractivity contribution in [2.24, 2.45) is 0 Å². The van der Waals surface area contributed by atoms with E-state index in [1.54, 1.807) is 0 Å². The molecule has 26 heavy (non-hydrogen) atoms. The van der Waals surface area contributed by atoms with E-state index in [0.717, 1.165) is 12.8 Å². The van der Waals surface area contributed by atoms with Gasteiger partial charge in [0.2, 0.25) is 0 Å². The number of hydrogen-bond donors (Lipinski definition) is 1. The van der Waals surface area contributed by atoms with Crippen LogP contribution in [0.4, 0.5) is 0 Å². The maximum atomic E-state index is 11.0. The molecule has 154 valence electrons. The van der Waals surface area contributed by atoms with Gasteiger partial charge in [-0.3, -0.25) is 4.79 Å². The van der Waals surface area contributed by atoms with E-state index in [4.69, 9.17) is 0 Å². The zero-order chi connectivity index (χ0) is 19.3. The van der Waals surface area contributed by atoms with Crippen molar-refractivity contribution in [3.8, 4) is 0 Å². The molecule has 1 N–H and O–H groups in total. The topological polar surface area (TPSA) is 46.5 Å². The molecule has 0 spiro atoms. The molecule has 0 aromatic rings. The molecular formula is C23H44O3. The molecule has 0 unspecified atom stereocenters. The van der Waals surface area contributed by atoms with Crippen LogP contribution in [0.15, 0.2) is 12.2 Å². The molecule has 0 heterocycles. The van der Waals surface area contributed by atoms with E-state index < -0.39 is 0 Å². The molecule has 0 radical (unpaired) electrons. The molecule has 0 aromatic carbocycles. The lowest BCUT2D eigenvalue weighted by molar-refractivity contribution is -0.140. The van der Waals surface area contributed by atoms with Gasteiger partial charge in [0.05, 0.1) is 13.2 Å². The van der Waals surface area contributed by atoms with E-state index in [1.165, 1.54) is 90.6 Å². The largest absolute Gasteiger partial charge is 0.469 e. The summed E-state index contributed by atoms with van der Waals surface area (Å²) in [5, 5.41) is 9.86. The van der Waals surface area contributed by atoms with Gasteiger partial charge in [-0.05, 0) is 12.8 Å². The lowest BCUT2D eigenvalue weighted by Gasteiger charge is -2.06. The molecule has 0 amide bonds. The third kappa shape index (κ3) is 19.5. The summed E-state index contributed by atoms with van der Waals surface area (Å²) in [5.41, 5.74) is 0. The fourth-order valence-corrected chi connectivity index (χ4v) is 3.20. The smallest absolute Gasteiger partial charge is 0.305 e. The molecule has 0 bridgehead atoms. The normalized spacial score (nSPS) is 12.6. The average molecular weight is 369 g/mol. The van der Waals surface area contributed by atoms with Gasteiger partial charge < -0.3 is 9.84 Å². The first-order chi connectivity index (χ1) is 12.7. The van der Waals surface area contributed by atoms with Gasteiger partial charge in [0.25, 0.3) is 0 Å². The average Bonchev–Trinajstić information content (AvgIpc) is 2.65. The van der Waals surface area contributed by atoms with Gasteiger partial charge in [0.15, 0.2) is 0 Å². The highest BCUT2D eigenvalue weighted by molar-refractivity contribution is 5.69. The number of unbranched alkanes of at least 4 members (excludes halogenated alkanes) is 13. The maximum Gasteiger partial charge on any atom is 0.305 e. The van der Waals surface area contributed by atoms with Gasteiger partial charge in [0, 0.05) is 6.42 Å². The Balaban J connectivity index is 3.23. The number of methoxy groups -OCH3 is 1. The highest BCUT2D eigenvalue weighted by Gasteiger charge is 2.00. The second-order valence-electron chi connectivity index (χ2n) is 7.50. The van der Waals surface area contributed by atoms with E-state index in [1.807, 2.05) is 12.2 Å². The van der Waals surface area contributed by atoms with Crippen LogP contribution in [0.3, 0.4) is 0 Å². The predicted octanol–water partition coefficient (Wildman–Crippen LogP) is 6.73. The number of esters is 1. The van der Waals surface area contributed by atoms with Crippen LogP contribution in [0.25, 0.3) is 0 Å². The summed E-state index contributed by atoms with van der Waals surface area (Å²) in [7, 11) is 1.40. The van der Waals surface area contributed by atoms with Crippen LogP contribution >= 0.6 is 0 Å². The van der Waals surface area contributed by atoms with Crippen molar-refractivity contribution >= 4 is 5.97 Å². The fourth-order valence-electron chi connectivity index (χ4n) is 3.20. The van der Waals surface area contributed by atoms with Crippen molar-refractivity contribution in [2.75, 3.05) is 7.11 Å². The Morgan fingerprint density at radius 3 is 1.77 bits per heavy atom. The molecule has 0 aliphatic rings. The quantitative estimate of drug-likeness (QED) is 0.156. The molecule has 0 rings (SSSR count). The maximum absolute atomic E-state index is 11.0. The van der Waals surface area contributed by atoms with Crippen molar-refractivity contribution in [1.82, 2.24) is 0 Å². The Labute approximate surface area is 162 Å². The lowest BCUT2D eigenvalue weighted by Crippen LogP contribution is -2.02. The summed E-state index contributed by atoms with van der Waals surface area (Å²) >= 11 is 0. The first-order valence-electron chi connectivity index (χ1n) is 11.1. The Hall–Kier alpha value is -0.830. The number of hydrogen-bond acceptors (Lipinski definition) is 3. The van der Waals surface area contributed by atoms with Gasteiger partial charge in [0.1, 0.15) is 0 Å². The van der Waals surface area contributed by atoms with Crippen LogP contribution in [0.5, 0.6) is 0 Å². The number of rotatable bonds is 19. The molecule has 0 saturated carbocycles. The highest BCUT2D eigenvalue weighted by Crippen LogP contribution is 2.14. The standard InChI is InChI=1S/C23H44O3/c1-3-4-5-6-7-8-9-10-11-12-13-14-15-16-19-22(24)20-17-18-21-23(25)26-2/h17,20,22,24H,3-16,18-19,21H2,1-2H3/b20-17-/t22-/m1/s1. The third-order valence-corrected chi connectivity index (χ3v) is 4.95. The Morgan fingerprint density at radius 1 is 0.846 bits per heavy atom. The molecule has 0 saturated heterocycles. The lowest BCUT2D eigenvalue weighted by atomic mass is 10.0. The zero-order valence-corrected chi connectivity index (χ0v) is 17.5. The second-order valence-corrected chi connectivity index (χ2v) is 7.50. The molecule has 0 aromatic heterocycles. The van der Waals surface area contributed by atoms with E-state index in [2.05, 4.69) is 11.7 Å². The summed E-state index contributed by atoms with van der Waals surface area (Å²) in [5.74, 6) is -0.198.